The zero-order chi connectivity index (χ0) is 14.4. The molecule has 1 heterocycles. The van der Waals surface area contributed by atoms with Crippen LogP contribution in [0, 0.1) is 19.8 Å². The summed E-state index contributed by atoms with van der Waals surface area (Å²) in [4.78, 5) is 11.7. The fourth-order valence-corrected chi connectivity index (χ4v) is 2.38. The van der Waals surface area contributed by atoms with Crippen molar-refractivity contribution in [1.29, 1.82) is 0 Å². The normalized spacial score (nSPS) is 17.1. The highest BCUT2D eigenvalue weighted by molar-refractivity contribution is 5.85. The van der Waals surface area contributed by atoms with E-state index in [1.807, 2.05) is 25.1 Å². The van der Waals surface area contributed by atoms with Crippen molar-refractivity contribution in [3.8, 4) is 5.75 Å². The first-order chi connectivity index (χ1) is 9.65. The Morgan fingerprint density at radius 3 is 2.86 bits per heavy atom. The number of aryl methyl sites for hydroxylation is 2. The Hall–Kier alpha value is -1.26. The SMILES string of the molecule is Cc1ccc(OCC(=O)NCCC2CCNC2)cc1C.Cl. The van der Waals surface area contributed by atoms with Crippen molar-refractivity contribution in [2.75, 3.05) is 26.2 Å². The molecule has 5 heteroatoms. The Labute approximate surface area is 133 Å². The molecular weight excluding hydrogens is 288 g/mol. The molecule has 1 atom stereocenters. The van der Waals surface area contributed by atoms with Crippen molar-refractivity contribution < 1.29 is 9.53 Å². The van der Waals surface area contributed by atoms with E-state index in [4.69, 9.17) is 4.74 Å². The van der Waals surface area contributed by atoms with Crippen molar-refractivity contribution in [3.05, 3.63) is 29.3 Å². The monoisotopic (exact) mass is 312 g/mol. The Morgan fingerprint density at radius 2 is 2.19 bits per heavy atom. The molecular formula is C16H25ClN2O2. The predicted octanol–water partition coefficient (Wildman–Crippen LogP) is 2.22. The molecule has 1 amide bonds. The molecule has 1 aromatic carbocycles. The van der Waals surface area contributed by atoms with Gasteiger partial charge in [-0.2, -0.15) is 0 Å². The lowest BCUT2D eigenvalue weighted by Gasteiger charge is -2.11. The molecule has 0 aromatic heterocycles. The van der Waals surface area contributed by atoms with Crippen LogP contribution in [0.5, 0.6) is 5.75 Å². The molecule has 1 aliphatic rings. The number of hydrogen-bond acceptors (Lipinski definition) is 3. The number of nitrogens with one attached hydrogen (secondary N) is 2. The van der Waals surface area contributed by atoms with Gasteiger partial charge in [0.05, 0.1) is 0 Å². The standard InChI is InChI=1S/C16H24N2O2.ClH/c1-12-3-4-15(9-13(12)2)20-11-16(19)18-8-6-14-5-7-17-10-14;/h3-4,9,14,17H,5-8,10-11H2,1-2H3,(H,18,19);1H. The van der Waals surface area contributed by atoms with Crippen LogP contribution in [0.2, 0.25) is 0 Å². The number of amides is 1. The Balaban J connectivity index is 0.00000220. The molecule has 21 heavy (non-hydrogen) atoms. The van der Waals surface area contributed by atoms with Gasteiger partial charge < -0.3 is 15.4 Å². The van der Waals surface area contributed by atoms with Gasteiger partial charge in [0, 0.05) is 6.54 Å². The van der Waals surface area contributed by atoms with Gasteiger partial charge in [-0.15, -0.1) is 12.4 Å². The number of ether oxygens (including phenoxy) is 1. The molecule has 2 rings (SSSR count). The van der Waals surface area contributed by atoms with E-state index in [9.17, 15) is 4.79 Å². The summed E-state index contributed by atoms with van der Waals surface area (Å²) < 4.78 is 5.50. The van der Waals surface area contributed by atoms with Crippen molar-refractivity contribution >= 4 is 18.3 Å². The average molecular weight is 313 g/mol. The quantitative estimate of drug-likeness (QED) is 0.847. The molecule has 1 aromatic rings. The maximum Gasteiger partial charge on any atom is 0.257 e. The van der Waals surface area contributed by atoms with E-state index < -0.39 is 0 Å². The molecule has 0 spiro atoms. The second-order valence-electron chi connectivity index (χ2n) is 5.53. The summed E-state index contributed by atoms with van der Waals surface area (Å²) in [7, 11) is 0. The lowest BCUT2D eigenvalue weighted by molar-refractivity contribution is -0.123. The molecule has 1 unspecified atom stereocenters. The average Bonchev–Trinajstić information content (AvgIpc) is 2.93. The molecule has 1 aliphatic heterocycles. The van der Waals surface area contributed by atoms with Crippen LogP contribution in [0.15, 0.2) is 18.2 Å². The summed E-state index contributed by atoms with van der Waals surface area (Å²) in [6.45, 7) is 7.11. The van der Waals surface area contributed by atoms with Crippen molar-refractivity contribution in [2.24, 2.45) is 5.92 Å². The second kappa shape index (κ2) is 8.90. The Bertz CT molecular complexity index is 460. The minimum atomic E-state index is -0.0471. The van der Waals surface area contributed by atoms with Crippen LogP contribution in [0.3, 0.4) is 0 Å². The Morgan fingerprint density at radius 1 is 1.38 bits per heavy atom. The van der Waals surface area contributed by atoms with Crippen LogP contribution < -0.4 is 15.4 Å². The predicted molar refractivity (Wildman–Crippen MR) is 87.3 cm³/mol. The molecule has 0 saturated carbocycles. The van der Waals surface area contributed by atoms with E-state index in [1.165, 1.54) is 17.5 Å². The van der Waals surface area contributed by atoms with Gasteiger partial charge in [0.15, 0.2) is 6.61 Å². The first-order valence-electron chi connectivity index (χ1n) is 7.32. The van der Waals surface area contributed by atoms with E-state index >= 15 is 0 Å². The number of halogens is 1. The minimum absolute atomic E-state index is 0. The van der Waals surface area contributed by atoms with Gasteiger partial charge in [-0.25, -0.2) is 0 Å². The molecule has 1 saturated heterocycles. The molecule has 4 nitrogen and oxygen atoms in total. The summed E-state index contributed by atoms with van der Waals surface area (Å²) >= 11 is 0. The zero-order valence-corrected chi connectivity index (χ0v) is 13.6. The van der Waals surface area contributed by atoms with E-state index in [1.54, 1.807) is 0 Å². The van der Waals surface area contributed by atoms with Gasteiger partial charge in [0.1, 0.15) is 5.75 Å². The molecule has 1 fully saturated rings. The van der Waals surface area contributed by atoms with E-state index in [-0.39, 0.29) is 24.9 Å². The van der Waals surface area contributed by atoms with Crippen LogP contribution in [-0.4, -0.2) is 32.1 Å². The number of carbonyl (C=O) groups excluding carboxylic acids is 1. The van der Waals surface area contributed by atoms with Gasteiger partial charge in [-0.05, 0) is 69.0 Å². The third-order valence-corrected chi connectivity index (χ3v) is 3.89. The van der Waals surface area contributed by atoms with E-state index in [0.29, 0.717) is 5.92 Å². The minimum Gasteiger partial charge on any atom is -0.484 e. The largest absolute Gasteiger partial charge is 0.484 e. The number of rotatable bonds is 6. The molecule has 118 valence electrons. The summed E-state index contributed by atoms with van der Waals surface area (Å²) in [6.07, 6.45) is 2.26. The maximum atomic E-state index is 11.7. The lowest BCUT2D eigenvalue weighted by Crippen LogP contribution is -2.30. The number of hydrogen-bond donors (Lipinski definition) is 2. The lowest BCUT2D eigenvalue weighted by atomic mass is 10.1. The van der Waals surface area contributed by atoms with Crippen molar-refractivity contribution in [3.63, 3.8) is 0 Å². The van der Waals surface area contributed by atoms with E-state index in [0.717, 1.165) is 31.8 Å². The van der Waals surface area contributed by atoms with Gasteiger partial charge in [0.25, 0.3) is 5.91 Å². The van der Waals surface area contributed by atoms with Crippen LogP contribution in [0.4, 0.5) is 0 Å². The highest BCUT2D eigenvalue weighted by Gasteiger charge is 2.14. The highest BCUT2D eigenvalue weighted by atomic mass is 35.5. The maximum absolute atomic E-state index is 11.7. The number of carbonyl (C=O) groups is 1. The summed E-state index contributed by atoms with van der Waals surface area (Å²) in [6, 6.07) is 5.88. The van der Waals surface area contributed by atoms with Crippen molar-refractivity contribution in [2.45, 2.75) is 26.7 Å². The smallest absolute Gasteiger partial charge is 0.257 e. The topological polar surface area (TPSA) is 50.4 Å². The first-order valence-corrected chi connectivity index (χ1v) is 7.32. The zero-order valence-electron chi connectivity index (χ0n) is 12.8. The summed E-state index contributed by atoms with van der Waals surface area (Å²) in [5, 5.41) is 6.24. The van der Waals surface area contributed by atoms with Crippen LogP contribution >= 0.6 is 12.4 Å². The highest BCUT2D eigenvalue weighted by Crippen LogP contribution is 2.16. The fourth-order valence-electron chi connectivity index (χ4n) is 2.38. The molecule has 0 bridgehead atoms. The third-order valence-electron chi connectivity index (χ3n) is 3.89. The molecule has 0 aliphatic carbocycles. The summed E-state index contributed by atoms with van der Waals surface area (Å²) in [5.74, 6) is 1.41. The fraction of sp³-hybridized carbons (Fsp3) is 0.562. The first kappa shape index (κ1) is 17.8. The third kappa shape index (κ3) is 5.94. The van der Waals surface area contributed by atoms with Gasteiger partial charge in [-0.3, -0.25) is 4.79 Å². The molecule has 0 radical (unpaired) electrons. The number of benzene rings is 1. The Kier molecular flexibility index (Phi) is 7.54. The van der Waals surface area contributed by atoms with Crippen LogP contribution in [0.1, 0.15) is 24.0 Å². The van der Waals surface area contributed by atoms with E-state index in [2.05, 4.69) is 17.6 Å². The molecule has 2 N–H and O–H groups in total. The second-order valence-corrected chi connectivity index (χ2v) is 5.53. The summed E-state index contributed by atoms with van der Waals surface area (Å²) in [5.41, 5.74) is 2.41. The van der Waals surface area contributed by atoms with Gasteiger partial charge in [0.2, 0.25) is 0 Å². The van der Waals surface area contributed by atoms with Crippen molar-refractivity contribution in [1.82, 2.24) is 10.6 Å². The van der Waals surface area contributed by atoms with Crippen LogP contribution in [0.25, 0.3) is 0 Å². The van der Waals surface area contributed by atoms with Gasteiger partial charge in [-0.1, -0.05) is 6.07 Å². The van der Waals surface area contributed by atoms with Gasteiger partial charge >= 0.3 is 0 Å². The van der Waals surface area contributed by atoms with Crippen LogP contribution in [-0.2, 0) is 4.79 Å².